The minimum absolute atomic E-state index is 0.230. The van der Waals surface area contributed by atoms with E-state index in [0.717, 1.165) is 6.42 Å². The molecule has 0 aliphatic carbocycles. The number of alkyl halides is 1. The molecule has 3 heteroatoms. The zero-order valence-electron chi connectivity index (χ0n) is 5.89. The minimum atomic E-state index is -0.230. The largest absolute Gasteiger partial charge is 0.355 e. The van der Waals surface area contributed by atoms with Crippen molar-refractivity contribution in [3.63, 3.8) is 0 Å². The molecule has 0 bridgehead atoms. The first-order valence-corrected chi connectivity index (χ1v) is 3.59. The maximum Gasteiger partial charge on any atom is 0.170 e. The highest BCUT2D eigenvalue weighted by Gasteiger charge is 2.02. The third-order valence-electron chi connectivity index (χ3n) is 0.897. The van der Waals surface area contributed by atoms with Crippen molar-refractivity contribution in [1.82, 2.24) is 0 Å². The van der Waals surface area contributed by atoms with Gasteiger partial charge in [-0.1, -0.05) is 6.92 Å². The summed E-state index contributed by atoms with van der Waals surface area (Å²) >= 11 is 5.45. The van der Waals surface area contributed by atoms with E-state index in [2.05, 4.69) is 0 Å². The molecule has 0 N–H and O–H groups in total. The molecule has 0 aromatic rings. The van der Waals surface area contributed by atoms with Crippen molar-refractivity contribution in [3.8, 4) is 0 Å². The average Bonchev–Trinajstić information content (AvgIpc) is 1.91. The lowest BCUT2D eigenvalue weighted by Crippen LogP contribution is -2.17. The van der Waals surface area contributed by atoms with E-state index in [1.807, 2.05) is 6.92 Å². The van der Waals surface area contributed by atoms with E-state index in [4.69, 9.17) is 21.1 Å². The summed E-state index contributed by atoms with van der Waals surface area (Å²) in [6, 6.07) is 0. The lowest BCUT2D eigenvalue weighted by Gasteiger charge is -2.11. The van der Waals surface area contributed by atoms with Gasteiger partial charge in [-0.25, -0.2) is 0 Å². The smallest absolute Gasteiger partial charge is 0.170 e. The summed E-state index contributed by atoms with van der Waals surface area (Å²) in [4.78, 5) is 0. The Balaban J connectivity index is 3.09. The fourth-order valence-corrected chi connectivity index (χ4v) is 0.640. The summed E-state index contributed by atoms with van der Waals surface area (Å²) in [5, 5.41) is 0. The van der Waals surface area contributed by atoms with Gasteiger partial charge in [-0.05, 0) is 6.42 Å². The molecule has 0 spiro atoms. The third kappa shape index (κ3) is 4.70. The molecule has 0 rings (SSSR count). The molecule has 0 saturated heterocycles. The third-order valence-corrected chi connectivity index (χ3v) is 1.15. The van der Waals surface area contributed by atoms with Gasteiger partial charge in [0.05, 0.1) is 5.88 Å². The van der Waals surface area contributed by atoms with Gasteiger partial charge in [0.1, 0.15) is 0 Å². The minimum Gasteiger partial charge on any atom is -0.355 e. The molecule has 0 saturated carbocycles. The second kappa shape index (κ2) is 6.33. The van der Waals surface area contributed by atoms with Gasteiger partial charge in [0.2, 0.25) is 0 Å². The zero-order valence-corrected chi connectivity index (χ0v) is 6.65. The summed E-state index contributed by atoms with van der Waals surface area (Å²) in [7, 11) is 1.59. The van der Waals surface area contributed by atoms with Crippen molar-refractivity contribution in [2.45, 2.75) is 19.6 Å². The van der Waals surface area contributed by atoms with E-state index in [1.54, 1.807) is 7.11 Å². The predicted octanol–water partition coefficient (Wildman–Crippen LogP) is 1.62. The van der Waals surface area contributed by atoms with Gasteiger partial charge in [-0.15, -0.1) is 11.6 Å². The van der Waals surface area contributed by atoms with E-state index >= 15 is 0 Å². The molecule has 0 fully saturated rings. The highest BCUT2D eigenvalue weighted by atomic mass is 35.5. The first kappa shape index (κ1) is 9.21. The SMILES string of the molecule is CCCOC(CCl)OC. The van der Waals surface area contributed by atoms with Gasteiger partial charge in [0, 0.05) is 13.7 Å². The summed E-state index contributed by atoms with van der Waals surface area (Å²) in [5.41, 5.74) is 0. The van der Waals surface area contributed by atoms with Gasteiger partial charge in [-0.3, -0.25) is 0 Å². The quantitative estimate of drug-likeness (QED) is 0.440. The summed E-state index contributed by atoms with van der Waals surface area (Å²) in [5.74, 6) is 0.399. The normalized spacial score (nSPS) is 13.7. The number of halogens is 1. The Morgan fingerprint density at radius 3 is 2.56 bits per heavy atom. The maximum absolute atomic E-state index is 5.45. The highest BCUT2D eigenvalue weighted by Crippen LogP contribution is 1.96. The number of ether oxygens (including phenoxy) is 2. The van der Waals surface area contributed by atoms with Crippen LogP contribution in [0.25, 0.3) is 0 Å². The van der Waals surface area contributed by atoms with Crippen LogP contribution >= 0.6 is 11.6 Å². The van der Waals surface area contributed by atoms with E-state index in [1.165, 1.54) is 0 Å². The van der Waals surface area contributed by atoms with Crippen LogP contribution in [0.4, 0.5) is 0 Å². The second-order valence-corrected chi connectivity index (χ2v) is 2.00. The standard InChI is InChI=1S/C6H13ClO2/c1-3-4-9-6(5-7)8-2/h6H,3-5H2,1-2H3. The second-order valence-electron chi connectivity index (χ2n) is 1.69. The summed E-state index contributed by atoms with van der Waals surface area (Å²) in [6.07, 6.45) is 0.767. The van der Waals surface area contributed by atoms with Crippen molar-refractivity contribution in [2.75, 3.05) is 19.6 Å². The molecule has 0 aromatic carbocycles. The molecule has 1 atom stereocenters. The summed E-state index contributed by atoms with van der Waals surface area (Å²) in [6.45, 7) is 2.76. The van der Waals surface area contributed by atoms with Crippen LogP contribution in [0.15, 0.2) is 0 Å². The first-order valence-electron chi connectivity index (χ1n) is 3.05. The molecular weight excluding hydrogens is 140 g/mol. The van der Waals surface area contributed by atoms with Crippen LogP contribution in [0, 0.1) is 0 Å². The fraction of sp³-hybridized carbons (Fsp3) is 1.00. The van der Waals surface area contributed by atoms with Crippen LogP contribution in [0.2, 0.25) is 0 Å². The highest BCUT2D eigenvalue weighted by molar-refractivity contribution is 6.18. The predicted molar refractivity (Wildman–Crippen MR) is 37.8 cm³/mol. The van der Waals surface area contributed by atoms with Crippen LogP contribution in [0.5, 0.6) is 0 Å². The molecule has 0 aliphatic rings. The molecule has 2 nitrogen and oxygen atoms in total. The number of hydrogen-bond donors (Lipinski definition) is 0. The van der Waals surface area contributed by atoms with Crippen LogP contribution in [0.3, 0.4) is 0 Å². The molecule has 0 aromatic heterocycles. The number of rotatable bonds is 5. The Bertz CT molecular complexity index is 55.0. The Morgan fingerprint density at radius 1 is 1.56 bits per heavy atom. The van der Waals surface area contributed by atoms with Gasteiger partial charge in [0.15, 0.2) is 6.29 Å². The molecule has 0 heterocycles. The summed E-state index contributed by atoms with van der Waals surface area (Å²) < 4.78 is 9.98. The molecule has 9 heavy (non-hydrogen) atoms. The molecule has 0 aliphatic heterocycles. The zero-order chi connectivity index (χ0) is 7.11. The average molecular weight is 153 g/mol. The molecule has 1 unspecified atom stereocenters. The molecule has 0 radical (unpaired) electrons. The van der Waals surface area contributed by atoms with Crippen LogP contribution in [-0.4, -0.2) is 25.9 Å². The van der Waals surface area contributed by atoms with Crippen molar-refractivity contribution >= 4 is 11.6 Å². The Hall–Kier alpha value is 0.210. The number of hydrogen-bond acceptors (Lipinski definition) is 2. The van der Waals surface area contributed by atoms with Gasteiger partial charge < -0.3 is 9.47 Å². The Labute approximate surface area is 61.1 Å². The Kier molecular flexibility index (Phi) is 6.48. The van der Waals surface area contributed by atoms with Gasteiger partial charge >= 0.3 is 0 Å². The van der Waals surface area contributed by atoms with Crippen LogP contribution in [0.1, 0.15) is 13.3 Å². The van der Waals surface area contributed by atoms with E-state index in [0.29, 0.717) is 12.5 Å². The van der Waals surface area contributed by atoms with Gasteiger partial charge in [0.25, 0.3) is 0 Å². The van der Waals surface area contributed by atoms with E-state index < -0.39 is 0 Å². The topological polar surface area (TPSA) is 18.5 Å². The molecular formula is C6H13ClO2. The van der Waals surface area contributed by atoms with Crippen molar-refractivity contribution < 1.29 is 9.47 Å². The first-order chi connectivity index (χ1) is 4.35. The lowest BCUT2D eigenvalue weighted by atomic mass is 10.5. The van der Waals surface area contributed by atoms with Crippen LogP contribution < -0.4 is 0 Å². The Morgan fingerprint density at radius 2 is 2.22 bits per heavy atom. The lowest BCUT2D eigenvalue weighted by molar-refractivity contribution is -0.108. The van der Waals surface area contributed by atoms with Crippen molar-refractivity contribution in [3.05, 3.63) is 0 Å². The fourth-order valence-electron chi connectivity index (χ4n) is 0.425. The van der Waals surface area contributed by atoms with E-state index in [9.17, 15) is 0 Å². The molecule has 56 valence electrons. The van der Waals surface area contributed by atoms with E-state index in [-0.39, 0.29) is 6.29 Å². The maximum atomic E-state index is 5.45. The van der Waals surface area contributed by atoms with Crippen molar-refractivity contribution in [1.29, 1.82) is 0 Å². The number of methoxy groups -OCH3 is 1. The monoisotopic (exact) mass is 152 g/mol. The van der Waals surface area contributed by atoms with Crippen molar-refractivity contribution in [2.24, 2.45) is 0 Å². The molecule has 0 amide bonds. The van der Waals surface area contributed by atoms with Crippen LogP contribution in [-0.2, 0) is 9.47 Å². The van der Waals surface area contributed by atoms with Gasteiger partial charge in [-0.2, -0.15) is 0 Å².